The lowest BCUT2D eigenvalue weighted by Crippen LogP contribution is -2.28. The number of carbonyl (C=O) groups is 1. The van der Waals surface area contributed by atoms with E-state index < -0.39 is 20.6 Å². The summed E-state index contributed by atoms with van der Waals surface area (Å²) in [5.41, 5.74) is -0.173. The van der Waals surface area contributed by atoms with Crippen LogP contribution in [0.2, 0.25) is 0 Å². The van der Waals surface area contributed by atoms with E-state index in [2.05, 4.69) is 4.98 Å². The average Bonchev–Trinajstić information content (AvgIpc) is 2.16. The predicted octanol–water partition coefficient (Wildman–Crippen LogP) is 1.35. The summed E-state index contributed by atoms with van der Waals surface area (Å²) in [4.78, 5) is 14.2. The molecule has 1 heterocycles. The van der Waals surface area contributed by atoms with Crippen molar-refractivity contribution in [1.29, 1.82) is 0 Å². The van der Waals surface area contributed by atoms with E-state index in [0.717, 1.165) is 6.20 Å². The Labute approximate surface area is 94.1 Å². The van der Waals surface area contributed by atoms with E-state index >= 15 is 0 Å². The lowest BCUT2D eigenvalue weighted by Gasteiger charge is -2.18. The maximum absolute atomic E-state index is 11.9. The summed E-state index contributed by atoms with van der Waals surface area (Å²) in [5, 5.41) is 8.63. The number of rotatable bonds is 2. The van der Waals surface area contributed by atoms with Gasteiger partial charge in [-0.05, 0) is 32.9 Å². The molecule has 0 atom stereocenters. The molecule has 1 N–H and O–H groups in total. The standard InChI is InChI=1S/C10H13NO4S/c1-10(2,3)16(14,15)7-4-5-8(9(12)13)11-6-7/h4-6H,1-3H3,(H,12,13). The quantitative estimate of drug-likeness (QED) is 0.847. The lowest BCUT2D eigenvalue weighted by atomic mass is 10.3. The smallest absolute Gasteiger partial charge is 0.354 e. The van der Waals surface area contributed by atoms with Crippen molar-refractivity contribution in [3.8, 4) is 0 Å². The van der Waals surface area contributed by atoms with Crippen molar-refractivity contribution in [2.75, 3.05) is 0 Å². The molecule has 0 aliphatic rings. The zero-order valence-corrected chi connectivity index (χ0v) is 10.1. The highest BCUT2D eigenvalue weighted by Gasteiger charge is 2.31. The molecule has 0 unspecified atom stereocenters. The molecule has 0 bridgehead atoms. The van der Waals surface area contributed by atoms with E-state index in [4.69, 9.17) is 5.11 Å². The van der Waals surface area contributed by atoms with Gasteiger partial charge in [0.05, 0.1) is 9.64 Å². The minimum Gasteiger partial charge on any atom is -0.477 e. The molecule has 1 rings (SSSR count). The van der Waals surface area contributed by atoms with Gasteiger partial charge >= 0.3 is 5.97 Å². The third-order valence-electron chi connectivity index (χ3n) is 2.07. The Hall–Kier alpha value is -1.43. The molecule has 0 aromatic carbocycles. The summed E-state index contributed by atoms with van der Waals surface area (Å²) in [7, 11) is -3.47. The number of carboxylic acid groups (broad SMARTS) is 1. The number of sulfone groups is 1. The summed E-state index contributed by atoms with van der Waals surface area (Å²) in [6, 6.07) is 2.44. The van der Waals surface area contributed by atoms with Crippen LogP contribution < -0.4 is 0 Å². The molecular formula is C10H13NO4S. The number of carboxylic acids is 1. The van der Waals surface area contributed by atoms with Gasteiger partial charge in [-0.15, -0.1) is 0 Å². The average molecular weight is 243 g/mol. The first-order chi connectivity index (χ1) is 7.16. The zero-order valence-electron chi connectivity index (χ0n) is 9.26. The van der Waals surface area contributed by atoms with Crippen LogP contribution in [0.1, 0.15) is 31.3 Å². The molecule has 0 spiro atoms. The molecule has 1 aromatic rings. The fraction of sp³-hybridized carbons (Fsp3) is 0.400. The molecule has 88 valence electrons. The van der Waals surface area contributed by atoms with Gasteiger partial charge in [-0.25, -0.2) is 18.2 Å². The van der Waals surface area contributed by atoms with E-state index in [9.17, 15) is 13.2 Å². The summed E-state index contributed by atoms with van der Waals surface area (Å²) in [6.07, 6.45) is 1.07. The fourth-order valence-corrected chi connectivity index (χ4v) is 2.17. The third kappa shape index (κ3) is 2.21. The number of nitrogens with zero attached hydrogens (tertiary/aromatic N) is 1. The van der Waals surface area contributed by atoms with Gasteiger partial charge in [-0.1, -0.05) is 0 Å². The van der Waals surface area contributed by atoms with Gasteiger partial charge in [0.1, 0.15) is 5.69 Å². The Morgan fingerprint density at radius 3 is 2.19 bits per heavy atom. The van der Waals surface area contributed by atoms with Crippen molar-refractivity contribution >= 4 is 15.8 Å². The first kappa shape index (κ1) is 12.6. The van der Waals surface area contributed by atoms with E-state index in [1.807, 2.05) is 0 Å². The second kappa shape index (κ2) is 3.86. The Balaban J connectivity index is 3.23. The van der Waals surface area contributed by atoms with Crippen molar-refractivity contribution in [3.63, 3.8) is 0 Å². The normalized spacial score (nSPS) is 12.4. The largest absolute Gasteiger partial charge is 0.477 e. The maximum atomic E-state index is 11.9. The summed E-state index contributed by atoms with van der Waals surface area (Å²) < 4.78 is 23.0. The van der Waals surface area contributed by atoms with Crippen LogP contribution in [0.4, 0.5) is 0 Å². The predicted molar refractivity (Wildman–Crippen MR) is 58.1 cm³/mol. The van der Waals surface area contributed by atoms with E-state index in [0.29, 0.717) is 0 Å². The minimum atomic E-state index is -3.47. The van der Waals surface area contributed by atoms with Gasteiger partial charge in [0.25, 0.3) is 0 Å². The molecule has 16 heavy (non-hydrogen) atoms. The lowest BCUT2D eigenvalue weighted by molar-refractivity contribution is 0.0690. The van der Waals surface area contributed by atoms with E-state index in [1.54, 1.807) is 20.8 Å². The fourth-order valence-electron chi connectivity index (χ4n) is 1.02. The molecule has 5 nitrogen and oxygen atoms in total. The minimum absolute atomic E-state index is 0.0324. The topological polar surface area (TPSA) is 84.3 Å². The van der Waals surface area contributed by atoms with Crippen LogP contribution in [-0.4, -0.2) is 29.2 Å². The molecule has 0 radical (unpaired) electrons. The molecule has 1 aromatic heterocycles. The van der Waals surface area contributed by atoms with Gasteiger partial charge in [0, 0.05) is 6.20 Å². The van der Waals surface area contributed by atoms with Crippen molar-refractivity contribution < 1.29 is 18.3 Å². The van der Waals surface area contributed by atoms with Crippen LogP contribution in [0.25, 0.3) is 0 Å². The van der Waals surface area contributed by atoms with Gasteiger partial charge in [0.2, 0.25) is 0 Å². The first-order valence-corrected chi connectivity index (χ1v) is 6.08. The van der Waals surface area contributed by atoms with Crippen LogP contribution in [0.3, 0.4) is 0 Å². The molecule has 0 fully saturated rings. The molecule has 0 amide bonds. The Morgan fingerprint density at radius 2 is 1.88 bits per heavy atom. The van der Waals surface area contributed by atoms with Crippen molar-refractivity contribution in [3.05, 3.63) is 24.0 Å². The summed E-state index contributed by atoms with van der Waals surface area (Å²) in [5.74, 6) is -1.18. The molecule has 6 heteroatoms. The van der Waals surface area contributed by atoms with Crippen molar-refractivity contribution in [2.45, 2.75) is 30.4 Å². The number of hydrogen-bond donors (Lipinski definition) is 1. The van der Waals surface area contributed by atoms with Gasteiger partial charge in [-0.2, -0.15) is 0 Å². The van der Waals surface area contributed by atoms with Crippen LogP contribution in [0.15, 0.2) is 23.2 Å². The third-order valence-corrected chi connectivity index (χ3v) is 4.55. The Bertz CT molecular complexity index is 497. The van der Waals surface area contributed by atoms with Gasteiger partial charge in [0.15, 0.2) is 9.84 Å². The van der Waals surface area contributed by atoms with Crippen molar-refractivity contribution in [1.82, 2.24) is 4.98 Å². The zero-order chi connectivity index (χ0) is 12.6. The van der Waals surface area contributed by atoms with Crippen LogP contribution in [0.5, 0.6) is 0 Å². The first-order valence-electron chi connectivity index (χ1n) is 4.60. The van der Waals surface area contributed by atoms with Crippen molar-refractivity contribution in [2.24, 2.45) is 0 Å². The molecule has 0 aliphatic carbocycles. The van der Waals surface area contributed by atoms with E-state index in [1.165, 1.54) is 12.1 Å². The highest BCUT2D eigenvalue weighted by molar-refractivity contribution is 7.92. The highest BCUT2D eigenvalue weighted by atomic mass is 32.2. The van der Waals surface area contributed by atoms with Gasteiger partial charge in [-0.3, -0.25) is 0 Å². The van der Waals surface area contributed by atoms with Crippen LogP contribution >= 0.6 is 0 Å². The van der Waals surface area contributed by atoms with Crippen LogP contribution in [0, 0.1) is 0 Å². The molecule has 0 saturated carbocycles. The SMILES string of the molecule is CC(C)(C)S(=O)(=O)c1ccc(C(=O)O)nc1. The number of pyridine rings is 1. The van der Waals surface area contributed by atoms with Gasteiger partial charge < -0.3 is 5.11 Å². The number of hydrogen-bond acceptors (Lipinski definition) is 4. The Morgan fingerprint density at radius 1 is 1.31 bits per heavy atom. The number of aromatic nitrogens is 1. The monoisotopic (exact) mass is 243 g/mol. The second-order valence-electron chi connectivity index (χ2n) is 4.30. The van der Waals surface area contributed by atoms with Crippen LogP contribution in [-0.2, 0) is 9.84 Å². The van der Waals surface area contributed by atoms with E-state index in [-0.39, 0.29) is 10.6 Å². The maximum Gasteiger partial charge on any atom is 0.354 e. The number of aromatic carboxylic acids is 1. The molecular weight excluding hydrogens is 230 g/mol. The second-order valence-corrected chi connectivity index (χ2v) is 7.00. The summed E-state index contributed by atoms with van der Waals surface area (Å²) >= 11 is 0. The highest BCUT2D eigenvalue weighted by Crippen LogP contribution is 2.23. The molecule has 0 saturated heterocycles. The summed E-state index contributed by atoms with van der Waals surface area (Å²) in [6.45, 7) is 4.73. The Kier molecular flexibility index (Phi) is 3.05. The molecule has 0 aliphatic heterocycles.